The van der Waals surface area contributed by atoms with Crippen LogP contribution in [0.15, 0.2) is 154 Å². The lowest BCUT2D eigenvalue weighted by molar-refractivity contribution is 0.563. The summed E-state index contributed by atoms with van der Waals surface area (Å²) in [4.78, 5) is 10.7. The first kappa shape index (κ1) is 23.1. The van der Waals surface area contributed by atoms with Gasteiger partial charge in [-0.05, 0) is 23.3 Å². The summed E-state index contributed by atoms with van der Waals surface area (Å²) in [6.45, 7) is 0. The van der Waals surface area contributed by atoms with Crippen LogP contribution in [-0.2, 0) is 5.66 Å². The first-order valence-electron chi connectivity index (χ1n) is 12.2. The largest absolute Gasteiger partial charge is 0.324 e. The van der Waals surface area contributed by atoms with E-state index in [1.807, 2.05) is 54.6 Å². The van der Waals surface area contributed by atoms with Crippen molar-refractivity contribution in [3.05, 3.63) is 166 Å². The number of rotatable bonds is 5. The minimum atomic E-state index is -0.954. The molecular weight excluding hydrogens is 518 g/mol. The highest BCUT2D eigenvalue weighted by Crippen LogP contribution is 2.39. The summed E-state index contributed by atoms with van der Waals surface area (Å²) < 4.78 is 0.996. The zero-order chi connectivity index (χ0) is 25.1. The zero-order valence-electron chi connectivity index (χ0n) is 20.1. The van der Waals surface area contributed by atoms with Gasteiger partial charge in [-0.1, -0.05) is 143 Å². The average Bonchev–Trinajstić information content (AvgIpc) is 2.98. The molecule has 0 amide bonds. The van der Waals surface area contributed by atoms with E-state index in [1.54, 1.807) is 0 Å². The van der Waals surface area contributed by atoms with Crippen LogP contribution < -0.4 is 5.32 Å². The molecule has 0 aliphatic carbocycles. The fraction of sp³-hybridized carbons (Fsp3) is 0.0303. The summed E-state index contributed by atoms with van der Waals surface area (Å²) in [6.07, 6.45) is 0. The van der Waals surface area contributed by atoms with Crippen molar-refractivity contribution in [1.29, 1.82) is 0 Å². The Kier molecular flexibility index (Phi) is 6.25. The van der Waals surface area contributed by atoms with Gasteiger partial charge in [-0.25, -0.2) is 9.98 Å². The Balaban J connectivity index is 1.58. The van der Waals surface area contributed by atoms with Gasteiger partial charge in [0.15, 0.2) is 0 Å². The predicted octanol–water partition coefficient (Wildman–Crippen LogP) is 7.81. The molecule has 0 spiro atoms. The van der Waals surface area contributed by atoms with Gasteiger partial charge < -0.3 is 5.32 Å². The van der Waals surface area contributed by atoms with Gasteiger partial charge in [0.05, 0.1) is 0 Å². The third kappa shape index (κ3) is 4.64. The first-order chi connectivity index (χ1) is 18.2. The Hall–Kier alpha value is -4.28. The Morgan fingerprint density at radius 3 is 1.57 bits per heavy atom. The molecule has 1 unspecified atom stereocenters. The highest BCUT2D eigenvalue weighted by molar-refractivity contribution is 9.10. The van der Waals surface area contributed by atoms with Crippen LogP contribution in [0.1, 0.15) is 22.3 Å². The van der Waals surface area contributed by atoms with E-state index in [4.69, 9.17) is 9.98 Å². The van der Waals surface area contributed by atoms with Crippen LogP contribution in [0.2, 0.25) is 0 Å². The van der Waals surface area contributed by atoms with E-state index >= 15 is 0 Å². The molecule has 0 saturated heterocycles. The molecule has 1 atom stereocenters. The number of aliphatic imine (C=N–C) groups is 2. The van der Waals surface area contributed by atoms with Crippen molar-refractivity contribution < 1.29 is 0 Å². The van der Waals surface area contributed by atoms with Gasteiger partial charge in [0, 0.05) is 26.7 Å². The number of nitrogens with one attached hydrogen (secondary N) is 1. The van der Waals surface area contributed by atoms with Crippen LogP contribution in [0.5, 0.6) is 0 Å². The van der Waals surface area contributed by atoms with Gasteiger partial charge >= 0.3 is 0 Å². The van der Waals surface area contributed by atoms with Gasteiger partial charge in [-0.2, -0.15) is 0 Å². The maximum absolute atomic E-state index is 5.34. The summed E-state index contributed by atoms with van der Waals surface area (Å²) in [5, 5.41) is 3.52. The molecule has 178 valence electrons. The second kappa shape index (κ2) is 10.00. The number of amidine groups is 2. The van der Waals surface area contributed by atoms with E-state index in [2.05, 4.69) is 106 Å². The Bertz CT molecular complexity index is 1580. The second-order valence-corrected chi connectivity index (χ2v) is 9.82. The summed E-state index contributed by atoms with van der Waals surface area (Å²) in [7, 11) is 0. The topological polar surface area (TPSA) is 36.8 Å². The van der Waals surface area contributed by atoms with Crippen LogP contribution in [0.4, 0.5) is 0 Å². The van der Waals surface area contributed by atoms with Crippen LogP contribution in [-0.4, -0.2) is 11.7 Å². The van der Waals surface area contributed by atoms with Gasteiger partial charge in [0.2, 0.25) is 5.66 Å². The quantitative estimate of drug-likeness (QED) is 0.242. The highest BCUT2D eigenvalue weighted by atomic mass is 79.9. The van der Waals surface area contributed by atoms with Crippen molar-refractivity contribution in [2.45, 2.75) is 5.66 Å². The summed E-state index contributed by atoms with van der Waals surface area (Å²) in [5.41, 5.74) is 5.38. The molecule has 1 aliphatic heterocycles. The smallest absolute Gasteiger partial charge is 0.205 e. The SMILES string of the molecule is Brc1cccc(C2=NC(c3ccccc3)(c3ccc(-c4ccccc4)cc3)N=C(c3ccccc3)N2)c1. The molecular formula is C33H24BrN3. The summed E-state index contributed by atoms with van der Waals surface area (Å²) >= 11 is 3.62. The molecule has 1 heterocycles. The van der Waals surface area contributed by atoms with Gasteiger partial charge in [0.1, 0.15) is 11.7 Å². The van der Waals surface area contributed by atoms with E-state index in [1.165, 1.54) is 5.56 Å². The van der Waals surface area contributed by atoms with E-state index in [0.717, 1.165) is 44.0 Å². The predicted molar refractivity (Wildman–Crippen MR) is 156 cm³/mol. The molecule has 0 radical (unpaired) electrons. The van der Waals surface area contributed by atoms with Crippen molar-refractivity contribution in [2.24, 2.45) is 9.98 Å². The molecule has 6 rings (SSSR count). The van der Waals surface area contributed by atoms with E-state index in [-0.39, 0.29) is 0 Å². The number of halogens is 1. The molecule has 0 aromatic heterocycles. The maximum Gasteiger partial charge on any atom is 0.205 e. The summed E-state index contributed by atoms with van der Waals surface area (Å²) in [5.74, 6) is 1.55. The molecule has 3 nitrogen and oxygen atoms in total. The van der Waals surface area contributed by atoms with Crippen molar-refractivity contribution in [1.82, 2.24) is 5.32 Å². The van der Waals surface area contributed by atoms with Crippen LogP contribution in [0.3, 0.4) is 0 Å². The first-order valence-corrected chi connectivity index (χ1v) is 13.0. The van der Waals surface area contributed by atoms with Crippen molar-refractivity contribution in [3.8, 4) is 11.1 Å². The van der Waals surface area contributed by atoms with Gasteiger partial charge in [0.25, 0.3) is 0 Å². The lowest BCUT2D eigenvalue weighted by atomic mass is 9.89. The third-order valence-electron chi connectivity index (χ3n) is 6.50. The average molecular weight is 542 g/mol. The highest BCUT2D eigenvalue weighted by Gasteiger charge is 2.38. The van der Waals surface area contributed by atoms with Crippen molar-refractivity contribution in [2.75, 3.05) is 0 Å². The van der Waals surface area contributed by atoms with Crippen molar-refractivity contribution in [3.63, 3.8) is 0 Å². The number of hydrogen-bond acceptors (Lipinski definition) is 3. The van der Waals surface area contributed by atoms with Crippen LogP contribution >= 0.6 is 15.9 Å². The minimum Gasteiger partial charge on any atom is -0.324 e. The Morgan fingerprint density at radius 1 is 0.459 bits per heavy atom. The lowest BCUT2D eigenvalue weighted by Gasteiger charge is -2.33. The van der Waals surface area contributed by atoms with Crippen molar-refractivity contribution >= 4 is 27.6 Å². The minimum absolute atomic E-state index is 0.770. The Morgan fingerprint density at radius 2 is 0.946 bits per heavy atom. The monoisotopic (exact) mass is 541 g/mol. The van der Waals surface area contributed by atoms with Crippen LogP contribution in [0, 0.1) is 0 Å². The molecule has 1 N–H and O–H groups in total. The maximum atomic E-state index is 5.34. The number of nitrogens with zero attached hydrogens (tertiary/aromatic N) is 2. The molecule has 37 heavy (non-hydrogen) atoms. The van der Waals surface area contributed by atoms with E-state index < -0.39 is 5.66 Å². The second-order valence-electron chi connectivity index (χ2n) is 8.90. The lowest BCUT2D eigenvalue weighted by Crippen LogP contribution is -2.42. The Labute approximate surface area is 225 Å². The molecule has 0 fully saturated rings. The third-order valence-corrected chi connectivity index (χ3v) is 6.99. The van der Waals surface area contributed by atoms with E-state index in [0.29, 0.717) is 0 Å². The molecule has 4 heteroatoms. The van der Waals surface area contributed by atoms with Crippen LogP contribution in [0.25, 0.3) is 11.1 Å². The normalized spacial score (nSPS) is 16.9. The zero-order valence-corrected chi connectivity index (χ0v) is 21.6. The van der Waals surface area contributed by atoms with E-state index in [9.17, 15) is 0 Å². The van der Waals surface area contributed by atoms with Gasteiger partial charge in [-0.15, -0.1) is 0 Å². The molecule has 0 saturated carbocycles. The molecule has 5 aromatic carbocycles. The van der Waals surface area contributed by atoms with Gasteiger partial charge in [-0.3, -0.25) is 0 Å². The molecule has 0 bridgehead atoms. The number of hydrogen-bond donors (Lipinski definition) is 1. The number of benzene rings is 5. The fourth-order valence-electron chi connectivity index (χ4n) is 4.64. The molecule has 1 aliphatic rings. The fourth-order valence-corrected chi connectivity index (χ4v) is 5.04. The molecule has 5 aromatic rings. The summed E-state index contributed by atoms with van der Waals surface area (Å²) in [6, 6.07) is 47.8. The standard InChI is InChI=1S/C33H24BrN3/c34-30-18-10-15-27(23-30)32-35-31(26-13-6-2-7-14-26)36-33(37-32,28-16-8-3-9-17-28)29-21-19-25(20-22-29)24-11-4-1-5-12-24/h1-23H,(H,35,36,37).